The highest BCUT2D eigenvalue weighted by molar-refractivity contribution is 5.98. The molecule has 0 saturated heterocycles. The molecule has 0 aliphatic carbocycles. The predicted octanol–water partition coefficient (Wildman–Crippen LogP) is 4.49. The van der Waals surface area contributed by atoms with Crippen molar-refractivity contribution in [2.75, 3.05) is 7.05 Å². The Morgan fingerprint density at radius 2 is 1.54 bits per heavy atom. The van der Waals surface area contributed by atoms with Crippen molar-refractivity contribution in [1.29, 1.82) is 0 Å². The Balaban J connectivity index is 0. The van der Waals surface area contributed by atoms with Crippen LogP contribution in [-0.2, 0) is 14.1 Å². The zero-order valence-electron chi connectivity index (χ0n) is 15.4. The van der Waals surface area contributed by atoms with E-state index in [4.69, 9.17) is 17.4 Å². The maximum absolute atomic E-state index is 13.9. The lowest BCUT2D eigenvalue weighted by atomic mass is 9.88. The number of halogens is 4. The fourth-order valence-electron chi connectivity index (χ4n) is 0.983. The Labute approximate surface area is 142 Å². The normalized spacial score (nSPS) is 15.3. The molecule has 0 amide bonds. The molecule has 0 spiro atoms. The molecule has 2 radical (unpaired) electrons. The molecule has 9 heteroatoms. The van der Waals surface area contributed by atoms with Crippen molar-refractivity contribution in [1.82, 2.24) is 0 Å². The largest absolute Gasteiger partial charge is 0.489 e. The number of alkyl halides is 3. The van der Waals surface area contributed by atoms with Crippen LogP contribution in [0.25, 0.3) is 0 Å². The minimum atomic E-state index is -4.63. The number of hydrogen-bond acceptors (Lipinski definition) is 4. The molecular weight excluding hydrogens is 329 g/mol. The highest BCUT2D eigenvalue weighted by atomic mass is 19.4. The van der Waals surface area contributed by atoms with E-state index in [0.29, 0.717) is 6.26 Å². The quantitative estimate of drug-likeness (QED) is 0.232. The maximum Gasteiger partial charge on any atom is 0.425 e. The Morgan fingerprint density at radius 3 is 1.88 bits per heavy atom. The number of rotatable bonds is 6. The van der Waals surface area contributed by atoms with Crippen molar-refractivity contribution in [3.63, 3.8) is 0 Å². The first-order valence-corrected chi connectivity index (χ1v) is 7.40. The van der Waals surface area contributed by atoms with Crippen LogP contribution in [0.2, 0.25) is 0 Å². The lowest BCUT2D eigenvalue weighted by Crippen LogP contribution is -2.48. The molecule has 24 heavy (non-hydrogen) atoms. The van der Waals surface area contributed by atoms with E-state index < -0.39 is 35.2 Å². The topological polar surface area (TPSA) is 40.0 Å². The second kappa shape index (κ2) is 9.91. The van der Waals surface area contributed by atoms with E-state index in [-0.39, 0.29) is 0 Å². The molecule has 0 saturated carbocycles. The van der Waals surface area contributed by atoms with Crippen LogP contribution in [0.1, 0.15) is 48.5 Å². The van der Waals surface area contributed by atoms with Gasteiger partial charge in [-0.2, -0.15) is 17.6 Å². The van der Waals surface area contributed by atoms with Gasteiger partial charge in [0.15, 0.2) is 6.10 Å². The van der Waals surface area contributed by atoms with Gasteiger partial charge in [0.2, 0.25) is 11.7 Å². The average Bonchev–Trinajstić information content (AvgIpc) is 2.50. The predicted molar refractivity (Wildman–Crippen MR) is 86.6 cm³/mol. The molecule has 0 fully saturated rings. The van der Waals surface area contributed by atoms with Gasteiger partial charge < -0.3 is 14.1 Å². The summed E-state index contributed by atoms with van der Waals surface area (Å²) in [7, 11) is 6.23. The Morgan fingerprint density at radius 1 is 1.08 bits per heavy atom. The van der Waals surface area contributed by atoms with Gasteiger partial charge in [0.05, 0.1) is 5.60 Å². The third-order valence-corrected chi connectivity index (χ3v) is 3.36. The minimum absolute atomic E-state index is 0.617. The van der Waals surface area contributed by atoms with Crippen molar-refractivity contribution in [2.45, 2.75) is 71.9 Å². The van der Waals surface area contributed by atoms with Crippen molar-refractivity contribution in [3.05, 3.63) is 12.1 Å². The van der Waals surface area contributed by atoms with Gasteiger partial charge in [-0.05, 0) is 34.6 Å². The molecule has 0 aromatic rings. The monoisotopic (exact) mass is 355 g/mol. The summed E-state index contributed by atoms with van der Waals surface area (Å²) in [5, 5.41) is 0. The second-order valence-corrected chi connectivity index (χ2v) is 5.55. The minimum Gasteiger partial charge on any atom is -0.489 e. The van der Waals surface area contributed by atoms with Gasteiger partial charge in [-0.15, -0.1) is 0 Å². The van der Waals surface area contributed by atoms with Crippen molar-refractivity contribution >= 4 is 13.9 Å². The summed E-state index contributed by atoms with van der Waals surface area (Å²) in [6, 6.07) is 0. The summed E-state index contributed by atoms with van der Waals surface area (Å²) >= 11 is 0. The summed E-state index contributed by atoms with van der Waals surface area (Å²) in [5.41, 5.74) is -2.04. The van der Waals surface area contributed by atoms with E-state index in [2.05, 4.69) is 9.73 Å². The van der Waals surface area contributed by atoms with Gasteiger partial charge in [0.25, 0.3) is 8.05 Å². The Bertz CT molecular complexity index is 435. The molecule has 0 N–H and O–H groups in total. The molecule has 1 unspecified atom stereocenters. The van der Waals surface area contributed by atoms with Crippen LogP contribution >= 0.6 is 0 Å². The van der Waals surface area contributed by atoms with Gasteiger partial charge in [0, 0.05) is 7.05 Å². The third kappa shape index (κ3) is 7.55. The zero-order chi connectivity index (χ0) is 19.8. The van der Waals surface area contributed by atoms with Gasteiger partial charge >= 0.3 is 6.18 Å². The highest BCUT2D eigenvalue weighted by Crippen LogP contribution is 2.29. The van der Waals surface area contributed by atoms with E-state index >= 15 is 0 Å². The molecule has 0 aliphatic heterocycles. The van der Waals surface area contributed by atoms with Gasteiger partial charge in [-0.1, -0.05) is 13.8 Å². The molecule has 1 atom stereocenters. The summed E-state index contributed by atoms with van der Waals surface area (Å²) in [6.07, 6.45) is -6.22. The van der Waals surface area contributed by atoms with Crippen LogP contribution in [-0.4, -0.2) is 44.5 Å². The van der Waals surface area contributed by atoms with Crippen LogP contribution in [0.5, 0.6) is 0 Å². The van der Waals surface area contributed by atoms with Crippen LogP contribution in [0.15, 0.2) is 17.1 Å². The molecule has 0 heterocycles. The lowest BCUT2D eigenvalue weighted by molar-refractivity contribution is -0.192. The van der Waals surface area contributed by atoms with Crippen molar-refractivity contribution in [2.24, 2.45) is 4.99 Å². The number of aliphatic imine (C=N–C) groups is 1. The Kier molecular flexibility index (Phi) is 10.3. The first kappa shape index (κ1) is 25.0. The molecule has 0 aliphatic rings. The summed E-state index contributed by atoms with van der Waals surface area (Å²) in [5.74, 6) is -1.99. The zero-order valence-corrected chi connectivity index (χ0v) is 15.4. The number of nitrogens with zero attached hydrogens (tertiary/aromatic N) is 1. The van der Waals surface area contributed by atoms with E-state index in [1.54, 1.807) is 27.7 Å². The molecule has 0 aromatic heterocycles. The third-order valence-electron chi connectivity index (χ3n) is 3.36. The van der Waals surface area contributed by atoms with E-state index in [1.807, 2.05) is 13.8 Å². The summed E-state index contributed by atoms with van der Waals surface area (Å²) in [4.78, 5) is 3.34. The second-order valence-electron chi connectivity index (χ2n) is 5.55. The van der Waals surface area contributed by atoms with Crippen molar-refractivity contribution < 1.29 is 31.7 Å². The standard InChI is InChI=1S/C13H20BF4NO3.C2H6/c1-8(13(16,17)18)21-10(19-6)9(15)7-20-11(2,3)12(4,5)22-14;1-2/h7-8H,1-6H3;1-2H3/b9-7+,19-10?;. The smallest absolute Gasteiger partial charge is 0.425 e. The first-order chi connectivity index (χ1) is 10.8. The SMILES string of the molecule is CC.[B]OC(C)(C)C(C)(C)O/C=C(/F)C(=NC)OC(C)C(F)(F)F. The maximum atomic E-state index is 13.9. The van der Waals surface area contributed by atoms with E-state index in [9.17, 15) is 17.6 Å². The molecule has 0 aromatic carbocycles. The van der Waals surface area contributed by atoms with Gasteiger partial charge in [-0.3, -0.25) is 4.99 Å². The van der Waals surface area contributed by atoms with Gasteiger partial charge in [0.1, 0.15) is 11.9 Å². The Hall–Kier alpha value is -1.25. The molecule has 0 rings (SSSR count). The molecule has 0 bridgehead atoms. The van der Waals surface area contributed by atoms with Crippen LogP contribution in [0, 0.1) is 0 Å². The van der Waals surface area contributed by atoms with Crippen LogP contribution in [0.4, 0.5) is 17.6 Å². The molecule has 140 valence electrons. The highest BCUT2D eigenvalue weighted by Gasteiger charge is 2.40. The first-order valence-electron chi connectivity index (χ1n) is 7.40. The van der Waals surface area contributed by atoms with E-state index in [0.717, 1.165) is 14.0 Å². The molecular formula is C15H26BF4NO3. The van der Waals surface area contributed by atoms with Gasteiger partial charge in [-0.25, -0.2) is 0 Å². The number of ether oxygens (including phenoxy) is 2. The number of hydrogen-bond donors (Lipinski definition) is 0. The average molecular weight is 355 g/mol. The lowest BCUT2D eigenvalue weighted by Gasteiger charge is -2.40. The van der Waals surface area contributed by atoms with E-state index in [1.165, 1.54) is 0 Å². The molecule has 4 nitrogen and oxygen atoms in total. The fourth-order valence-corrected chi connectivity index (χ4v) is 0.983. The fraction of sp³-hybridized carbons (Fsp3) is 0.800. The summed E-state index contributed by atoms with van der Waals surface area (Å²) in [6.45, 7) is 11.1. The van der Waals surface area contributed by atoms with Crippen LogP contribution in [0.3, 0.4) is 0 Å². The van der Waals surface area contributed by atoms with Crippen molar-refractivity contribution in [3.8, 4) is 0 Å². The van der Waals surface area contributed by atoms with Crippen LogP contribution < -0.4 is 0 Å². The summed E-state index contributed by atoms with van der Waals surface area (Å²) < 4.78 is 65.5.